The number of carbonyl (C=O) groups excluding carboxylic acids is 1. The quantitative estimate of drug-likeness (QED) is 0.636. The minimum absolute atomic E-state index is 0.151. The van der Waals surface area contributed by atoms with Crippen LogP contribution in [0, 0.1) is 23.2 Å². The Bertz CT molecular complexity index is 902. The lowest BCUT2D eigenvalue weighted by atomic mass is 9.49. The van der Waals surface area contributed by atoms with Crippen LogP contribution in [0.2, 0.25) is 0 Å². The molecule has 4 saturated carbocycles. The molecule has 5 nitrogen and oxygen atoms in total. The smallest absolute Gasteiger partial charge is 0.235 e. The molecule has 1 heterocycles. The van der Waals surface area contributed by atoms with Gasteiger partial charge in [-0.15, -0.1) is 0 Å². The molecule has 1 aromatic heterocycles. The summed E-state index contributed by atoms with van der Waals surface area (Å²) >= 11 is 1.62. The summed E-state index contributed by atoms with van der Waals surface area (Å²) in [6.45, 7) is 4.14. The molecule has 6 rings (SSSR count). The lowest BCUT2D eigenvalue weighted by molar-refractivity contribution is -0.143. The fraction of sp³-hybridized carbons (Fsp3) is 0.667. The van der Waals surface area contributed by atoms with Gasteiger partial charge in [0.1, 0.15) is 11.3 Å². The number of hydrogen-bond donors (Lipinski definition) is 0. The maximum absolute atomic E-state index is 14.1. The Morgan fingerprint density at radius 2 is 1.80 bits per heavy atom. The van der Waals surface area contributed by atoms with Gasteiger partial charge in [0.25, 0.3) is 0 Å². The molecule has 4 bridgehead atoms. The zero-order valence-electron chi connectivity index (χ0n) is 18.4. The van der Waals surface area contributed by atoms with Crippen LogP contribution in [0.3, 0.4) is 0 Å². The number of hydrogen-bond acceptors (Lipinski definition) is 5. The second-order valence-electron chi connectivity index (χ2n) is 9.99. The highest BCUT2D eigenvalue weighted by molar-refractivity contribution is 7.22. The number of thiazole rings is 1. The molecular weight excluding hydrogens is 394 g/mol. The number of aromatic nitrogens is 1. The first-order chi connectivity index (χ1) is 14.5. The van der Waals surface area contributed by atoms with Gasteiger partial charge in [0.15, 0.2) is 5.13 Å². The number of nitrogens with zero attached hydrogens (tertiary/aromatic N) is 3. The molecule has 0 radical (unpaired) electrons. The van der Waals surface area contributed by atoms with Crippen molar-refractivity contribution < 1.29 is 9.53 Å². The summed E-state index contributed by atoms with van der Waals surface area (Å²) in [5, 5.41) is 0.833. The van der Waals surface area contributed by atoms with E-state index in [1.165, 1.54) is 19.3 Å². The molecule has 4 fully saturated rings. The molecule has 2 aromatic rings. The van der Waals surface area contributed by atoms with E-state index in [9.17, 15) is 4.79 Å². The summed E-state index contributed by atoms with van der Waals surface area (Å²) in [4.78, 5) is 23.3. The molecule has 1 aromatic carbocycles. The molecule has 0 N–H and O–H groups in total. The largest absolute Gasteiger partial charge is 0.492 e. The maximum atomic E-state index is 14.1. The summed E-state index contributed by atoms with van der Waals surface area (Å²) in [6.07, 6.45) is 7.32. The van der Waals surface area contributed by atoms with Crippen molar-refractivity contribution in [3.05, 3.63) is 18.2 Å². The van der Waals surface area contributed by atoms with Crippen molar-refractivity contribution in [3.8, 4) is 5.75 Å². The average Bonchev–Trinajstić information content (AvgIpc) is 3.12. The van der Waals surface area contributed by atoms with Gasteiger partial charge in [0, 0.05) is 13.1 Å². The van der Waals surface area contributed by atoms with Crippen LogP contribution in [-0.2, 0) is 4.79 Å². The molecule has 6 heteroatoms. The van der Waals surface area contributed by atoms with Gasteiger partial charge in [0.2, 0.25) is 5.91 Å². The van der Waals surface area contributed by atoms with Crippen LogP contribution in [0.25, 0.3) is 10.2 Å². The third-order valence-electron chi connectivity index (χ3n) is 7.41. The van der Waals surface area contributed by atoms with Gasteiger partial charge in [-0.1, -0.05) is 17.4 Å². The number of rotatable bonds is 7. The lowest BCUT2D eigenvalue weighted by Gasteiger charge is -2.56. The normalized spacial score (nSPS) is 29.7. The van der Waals surface area contributed by atoms with Crippen LogP contribution >= 0.6 is 11.3 Å². The molecule has 1 amide bonds. The zero-order chi connectivity index (χ0) is 20.9. The Hall–Kier alpha value is -1.66. The van der Waals surface area contributed by atoms with Crippen LogP contribution in [0.15, 0.2) is 18.2 Å². The van der Waals surface area contributed by atoms with Crippen LogP contribution in [0.4, 0.5) is 5.13 Å². The third kappa shape index (κ3) is 3.52. The number of likely N-dealkylation sites (N-methyl/N-ethyl adjacent to an activating group) is 1. The summed E-state index contributed by atoms with van der Waals surface area (Å²) in [6, 6.07) is 6.07. The maximum Gasteiger partial charge on any atom is 0.235 e. The van der Waals surface area contributed by atoms with Crippen molar-refractivity contribution in [2.24, 2.45) is 23.2 Å². The fourth-order valence-electron chi connectivity index (χ4n) is 6.54. The van der Waals surface area contributed by atoms with E-state index in [-0.39, 0.29) is 5.41 Å². The van der Waals surface area contributed by atoms with Gasteiger partial charge < -0.3 is 9.64 Å². The molecule has 4 aliphatic rings. The van der Waals surface area contributed by atoms with Crippen molar-refractivity contribution in [1.82, 2.24) is 9.88 Å². The summed E-state index contributed by atoms with van der Waals surface area (Å²) in [5.74, 6) is 3.43. The highest BCUT2D eigenvalue weighted by Gasteiger charge is 2.56. The Morgan fingerprint density at radius 3 is 2.40 bits per heavy atom. The van der Waals surface area contributed by atoms with E-state index in [4.69, 9.17) is 9.72 Å². The van der Waals surface area contributed by atoms with Crippen molar-refractivity contribution >= 4 is 32.6 Å². The molecule has 162 valence electrons. The van der Waals surface area contributed by atoms with Crippen molar-refractivity contribution in [3.63, 3.8) is 0 Å². The van der Waals surface area contributed by atoms with E-state index in [2.05, 4.69) is 25.1 Å². The fourth-order valence-corrected chi connectivity index (χ4v) is 7.55. The molecule has 0 spiro atoms. The van der Waals surface area contributed by atoms with Crippen molar-refractivity contribution in [2.75, 3.05) is 38.7 Å². The van der Waals surface area contributed by atoms with Gasteiger partial charge in [-0.2, -0.15) is 0 Å². The minimum Gasteiger partial charge on any atom is -0.492 e. The second-order valence-corrected chi connectivity index (χ2v) is 11.0. The predicted molar refractivity (Wildman–Crippen MR) is 122 cm³/mol. The number of carbonyl (C=O) groups is 1. The highest BCUT2D eigenvalue weighted by Crippen LogP contribution is 2.60. The van der Waals surface area contributed by atoms with E-state index < -0.39 is 0 Å². The number of amides is 1. The van der Waals surface area contributed by atoms with Gasteiger partial charge in [-0.3, -0.25) is 9.69 Å². The third-order valence-corrected chi connectivity index (χ3v) is 8.45. The van der Waals surface area contributed by atoms with E-state index in [1.54, 1.807) is 11.3 Å². The van der Waals surface area contributed by atoms with Crippen LogP contribution < -0.4 is 9.64 Å². The van der Waals surface area contributed by atoms with Gasteiger partial charge >= 0.3 is 0 Å². The van der Waals surface area contributed by atoms with Crippen molar-refractivity contribution in [2.45, 2.75) is 45.4 Å². The van der Waals surface area contributed by atoms with Crippen LogP contribution in [0.1, 0.15) is 45.4 Å². The molecule has 0 unspecified atom stereocenters. The molecule has 0 saturated heterocycles. The summed E-state index contributed by atoms with van der Waals surface area (Å²) in [7, 11) is 4.14. The second kappa shape index (κ2) is 7.79. The Labute approximate surface area is 183 Å². The number of anilines is 1. The van der Waals surface area contributed by atoms with E-state index in [0.717, 1.165) is 64.7 Å². The average molecular weight is 428 g/mol. The van der Waals surface area contributed by atoms with Crippen molar-refractivity contribution in [1.29, 1.82) is 0 Å². The van der Waals surface area contributed by atoms with Crippen LogP contribution in [-0.4, -0.2) is 49.6 Å². The molecule has 4 aliphatic carbocycles. The first-order valence-electron chi connectivity index (χ1n) is 11.5. The zero-order valence-corrected chi connectivity index (χ0v) is 19.2. The SMILES string of the molecule is CCOc1cccc2sc(N(CCN(C)C)C(=O)C34CC5CC(CC(C5)C3)C4)nc12. The number of fused-ring (bicyclic) bond motifs is 1. The summed E-state index contributed by atoms with van der Waals surface area (Å²) < 4.78 is 6.89. The first-order valence-corrected chi connectivity index (χ1v) is 12.3. The summed E-state index contributed by atoms with van der Waals surface area (Å²) in [5.41, 5.74) is 0.731. The van der Waals surface area contributed by atoms with Crippen LogP contribution in [0.5, 0.6) is 5.75 Å². The lowest BCUT2D eigenvalue weighted by Crippen LogP contribution is -2.55. The topological polar surface area (TPSA) is 45.7 Å². The van der Waals surface area contributed by atoms with Gasteiger partial charge in [-0.05, 0) is 89.4 Å². The molecule has 0 atom stereocenters. The standard InChI is InChI=1S/C24H33N3O2S/c1-4-29-19-6-5-7-20-21(19)25-23(30-20)27(9-8-26(2)3)22(28)24-13-16-10-17(14-24)12-18(11-16)15-24/h5-7,16-18H,4,8-15H2,1-3H3. The Kier molecular flexibility index (Phi) is 5.26. The first kappa shape index (κ1) is 20.3. The number of ether oxygens (including phenoxy) is 1. The number of benzene rings is 1. The Morgan fingerprint density at radius 1 is 1.13 bits per heavy atom. The number of para-hydroxylation sites is 1. The highest BCUT2D eigenvalue weighted by atomic mass is 32.1. The minimum atomic E-state index is -0.151. The van der Waals surface area contributed by atoms with Gasteiger partial charge in [-0.25, -0.2) is 4.98 Å². The monoisotopic (exact) mass is 427 g/mol. The molecule has 0 aliphatic heterocycles. The van der Waals surface area contributed by atoms with E-state index in [0.29, 0.717) is 19.1 Å². The predicted octanol–water partition coefficient (Wildman–Crippen LogP) is 4.81. The van der Waals surface area contributed by atoms with E-state index in [1.807, 2.05) is 24.0 Å². The molecule has 30 heavy (non-hydrogen) atoms. The molecular formula is C24H33N3O2S. The van der Waals surface area contributed by atoms with E-state index >= 15 is 0 Å². The van der Waals surface area contributed by atoms with Gasteiger partial charge in [0.05, 0.1) is 16.7 Å². The Balaban J connectivity index is 1.50.